The normalized spacial score (nSPS) is 16.8. The van der Waals surface area contributed by atoms with Gasteiger partial charge in [0.05, 0.1) is 19.4 Å². The summed E-state index contributed by atoms with van der Waals surface area (Å²) in [5.41, 5.74) is 0.255. The molecule has 19 heavy (non-hydrogen) atoms. The highest BCUT2D eigenvalue weighted by Gasteiger charge is 2.32. The van der Waals surface area contributed by atoms with E-state index in [0.29, 0.717) is 25.0 Å². The van der Waals surface area contributed by atoms with Crippen molar-refractivity contribution in [1.29, 1.82) is 0 Å². The quantitative estimate of drug-likeness (QED) is 0.782. The SMILES string of the molecule is COCCN(Cc1occc1C(=O)O)C(C)C1CC1. The van der Waals surface area contributed by atoms with Gasteiger partial charge in [-0.15, -0.1) is 0 Å². The maximum Gasteiger partial charge on any atom is 0.339 e. The van der Waals surface area contributed by atoms with E-state index in [9.17, 15) is 4.79 Å². The van der Waals surface area contributed by atoms with Gasteiger partial charge in [0.15, 0.2) is 0 Å². The maximum absolute atomic E-state index is 11.1. The number of hydrogen-bond donors (Lipinski definition) is 1. The van der Waals surface area contributed by atoms with E-state index in [1.807, 2.05) is 0 Å². The highest BCUT2D eigenvalue weighted by atomic mass is 16.5. The van der Waals surface area contributed by atoms with Crippen LogP contribution in [0, 0.1) is 5.92 Å². The first-order valence-electron chi connectivity index (χ1n) is 6.66. The van der Waals surface area contributed by atoms with Crippen LogP contribution in [0.25, 0.3) is 0 Å². The van der Waals surface area contributed by atoms with E-state index >= 15 is 0 Å². The molecule has 0 amide bonds. The Morgan fingerprint density at radius 1 is 1.63 bits per heavy atom. The van der Waals surface area contributed by atoms with Gasteiger partial charge in [0.25, 0.3) is 0 Å². The van der Waals surface area contributed by atoms with E-state index < -0.39 is 5.97 Å². The fourth-order valence-corrected chi connectivity index (χ4v) is 2.35. The Morgan fingerprint density at radius 2 is 2.37 bits per heavy atom. The molecule has 0 bridgehead atoms. The van der Waals surface area contributed by atoms with Crippen LogP contribution in [0.5, 0.6) is 0 Å². The number of carbonyl (C=O) groups is 1. The summed E-state index contributed by atoms with van der Waals surface area (Å²) in [5.74, 6) is 0.311. The minimum absolute atomic E-state index is 0.255. The summed E-state index contributed by atoms with van der Waals surface area (Å²) >= 11 is 0. The van der Waals surface area contributed by atoms with Crippen LogP contribution in [-0.2, 0) is 11.3 Å². The van der Waals surface area contributed by atoms with Crippen LogP contribution in [0.15, 0.2) is 16.7 Å². The van der Waals surface area contributed by atoms with Crippen LogP contribution in [0.2, 0.25) is 0 Å². The van der Waals surface area contributed by atoms with Gasteiger partial charge in [-0.25, -0.2) is 4.79 Å². The smallest absolute Gasteiger partial charge is 0.339 e. The molecule has 1 fully saturated rings. The lowest BCUT2D eigenvalue weighted by molar-refractivity contribution is 0.0688. The molecular weight excluding hydrogens is 246 g/mol. The number of carboxylic acids is 1. The molecular formula is C14H21NO4. The van der Waals surface area contributed by atoms with Gasteiger partial charge in [0.1, 0.15) is 11.3 Å². The van der Waals surface area contributed by atoms with Gasteiger partial charge in [-0.3, -0.25) is 4.90 Å². The second-order valence-corrected chi connectivity index (χ2v) is 5.10. The van der Waals surface area contributed by atoms with Crippen molar-refractivity contribution in [3.8, 4) is 0 Å². The molecule has 0 saturated heterocycles. The highest BCUT2D eigenvalue weighted by Crippen LogP contribution is 2.35. The lowest BCUT2D eigenvalue weighted by Gasteiger charge is -2.28. The fourth-order valence-electron chi connectivity index (χ4n) is 2.35. The van der Waals surface area contributed by atoms with Crippen LogP contribution in [0.4, 0.5) is 0 Å². The summed E-state index contributed by atoms with van der Waals surface area (Å²) in [6.07, 6.45) is 3.96. The Morgan fingerprint density at radius 3 is 2.95 bits per heavy atom. The molecule has 0 radical (unpaired) electrons. The van der Waals surface area contributed by atoms with Crippen molar-refractivity contribution < 1.29 is 19.1 Å². The third kappa shape index (κ3) is 3.58. The average molecular weight is 267 g/mol. The average Bonchev–Trinajstić information content (AvgIpc) is 3.12. The lowest BCUT2D eigenvalue weighted by atomic mass is 10.1. The molecule has 1 atom stereocenters. The van der Waals surface area contributed by atoms with E-state index in [4.69, 9.17) is 14.3 Å². The molecule has 0 aliphatic heterocycles. The summed E-state index contributed by atoms with van der Waals surface area (Å²) in [7, 11) is 1.68. The Hall–Kier alpha value is -1.33. The standard InChI is InChI=1S/C14H21NO4/c1-10(11-3-4-11)15(6-8-18-2)9-13-12(14(16)17)5-7-19-13/h5,7,10-11H,3-4,6,8-9H2,1-2H3,(H,16,17). The molecule has 1 aromatic rings. The highest BCUT2D eigenvalue weighted by molar-refractivity contribution is 5.88. The molecule has 1 aliphatic rings. The first-order valence-corrected chi connectivity index (χ1v) is 6.66. The summed E-state index contributed by atoms with van der Waals surface area (Å²) in [5, 5.41) is 9.10. The molecule has 1 aliphatic carbocycles. The van der Waals surface area contributed by atoms with Crippen molar-refractivity contribution >= 4 is 5.97 Å². The van der Waals surface area contributed by atoms with E-state index in [1.54, 1.807) is 7.11 Å². The fraction of sp³-hybridized carbons (Fsp3) is 0.643. The maximum atomic E-state index is 11.1. The summed E-state index contributed by atoms with van der Waals surface area (Å²) in [4.78, 5) is 13.3. The number of furan rings is 1. The van der Waals surface area contributed by atoms with Crippen LogP contribution in [-0.4, -0.2) is 42.3 Å². The van der Waals surface area contributed by atoms with Gasteiger partial charge in [-0.05, 0) is 31.7 Å². The zero-order chi connectivity index (χ0) is 13.8. The van der Waals surface area contributed by atoms with Gasteiger partial charge >= 0.3 is 5.97 Å². The molecule has 106 valence electrons. The number of hydrogen-bond acceptors (Lipinski definition) is 4. The summed E-state index contributed by atoms with van der Waals surface area (Å²) < 4.78 is 10.5. The third-order valence-electron chi connectivity index (χ3n) is 3.79. The molecule has 5 heteroatoms. The van der Waals surface area contributed by atoms with E-state index in [1.165, 1.54) is 25.2 Å². The van der Waals surface area contributed by atoms with Crippen molar-refractivity contribution in [2.45, 2.75) is 32.4 Å². The molecule has 0 aromatic carbocycles. The minimum atomic E-state index is -0.936. The third-order valence-corrected chi connectivity index (χ3v) is 3.79. The molecule has 1 aromatic heterocycles. The Kier molecular flexibility index (Phi) is 4.61. The van der Waals surface area contributed by atoms with Gasteiger partial charge < -0.3 is 14.3 Å². The topological polar surface area (TPSA) is 62.9 Å². The first-order chi connectivity index (χ1) is 9.13. The Bertz CT molecular complexity index is 425. The zero-order valence-corrected chi connectivity index (χ0v) is 11.5. The number of rotatable bonds is 8. The molecule has 0 spiro atoms. The van der Waals surface area contributed by atoms with Crippen LogP contribution in [0.1, 0.15) is 35.9 Å². The number of carboxylic acid groups (broad SMARTS) is 1. The second-order valence-electron chi connectivity index (χ2n) is 5.10. The zero-order valence-electron chi connectivity index (χ0n) is 11.5. The Labute approximate surface area is 113 Å². The molecule has 1 saturated carbocycles. The molecule has 1 unspecified atom stereocenters. The minimum Gasteiger partial charge on any atom is -0.478 e. The van der Waals surface area contributed by atoms with Crippen molar-refractivity contribution in [3.05, 3.63) is 23.7 Å². The van der Waals surface area contributed by atoms with Crippen molar-refractivity contribution in [3.63, 3.8) is 0 Å². The largest absolute Gasteiger partial charge is 0.478 e. The molecule has 1 heterocycles. The van der Waals surface area contributed by atoms with Crippen molar-refractivity contribution in [1.82, 2.24) is 4.90 Å². The van der Waals surface area contributed by atoms with Gasteiger partial charge in [0, 0.05) is 19.7 Å². The number of nitrogens with zero attached hydrogens (tertiary/aromatic N) is 1. The predicted molar refractivity (Wildman–Crippen MR) is 70.1 cm³/mol. The van der Waals surface area contributed by atoms with Gasteiger partial charge in [-0.1, -0.05) is 0 Å². The van der Waals surface area contributed by atoms with E-state index in [0.717, 1.165) is 12.5 Å². The van der Waals surface area contributed by atoms with E-state index in [-0.39, 0.29) is 5.56 Å². The van der Waals surface area contributed by atoms with E-state index in [2.05, 4.69) is 11.8 Å². The van der Waals surface area contributed by atoms with Crippen molar-refractivity contribution in [2.75, 3.05) is 20.3 Å². The number of ether oxygens (including phenoxy) is 1. The van der Waals surface area contributed by atoms with Gasteiger partial charge in [-0.2, -0.15) is 0 Å². The second kappa shape index (κ2) is 6.21. The lowest BCUT2D eigenvalue weighted by Crippen LogP contribution is -2.36. The molecule has 2 rings (SSSR count). The van der Waals surface area contributed by atoms with Crippen molar-refractivity contribution in [2.24, 2.45) is 5.92 Å². The summed E-state index contributed by atoms with van der Waals surface area (Å²) in [6, 6.07) is 1.94. The van der Waals surface area contributed by atoms with Crippen LogP contribution in [0.3, 0.4) is 0 Å². The van der Waals surface area contributed by atoms with Crippen LogP contribution < -0.4 is 0 Å². The van der Waals surface area contributed by atoms with Gasteiger partial charge in [0.2, 0.25) is 0 Å². The summed E-state index contributed by atoms with van der Waals surface area (Å²) in [6.45, 7) is 4.14. The monoisotopic (exact) mass is 267 g/mol. The van der Waals surface area contributed by atoms with Crippen LogP contribution >= 0.6 is 0 Å². The number of aromatic carboxylic acids is 1. The molecule has 1 N–H and O–H groups in total. The predicted octanol–water partition coefficient (Wildman–Crippen LogP) is 2.22. The Balaban J connectivity index is 2.05. The number of methoxy groups -OCH3 is 1. The molecule has 5 nitrogen and oxygen atoms in total. The first kappa shape index (κ1) is 14.1.